The molecular weight excluding hydrogens is 288 g/mol. The van der Waals surface area contributed by atoms with Crippen molar-refractivity contribution in [3.8, 4) is 11.5 Å². The molecular formula is C13H19ClO4S. The summed E-state index contributed by atoms with van der Waals surface area (Å²) in [6.07, 6.45) is 3.23. The van der Waals surface area contributed by atoms with Crippen LogP contribution in [0.1, 0.15) is 25.7 Å². The lowest BCUT2D eigenvalue weighted by Crippen LogP contribution is -2.00. The van der Waals surface area contributed by atoms with Crippen molar-refractivity contribution >= 4 is 19.7 Å². The lowest BCUT2D eigenvalue weighted by atomic mass is 10.2. The van der Waals surface area contributed by atoms with Crippen LogP contribution in [0.5, 0.6) is 11.5 Å². The van der Waals surface area contributed by atoms with Crippen LogP contribution >= 0.6 is 10.7 Å². The Balaban J connectivity index is 2.14. The largest absolute Gasteiger partial charge is 0.493 e. The van der Waals surface area contributed by atoms with Gasteiger partial charge in [-0.25, -0.2) is 8.42 Å². The van der Waals surface area contributed by atoms with Gasteiger partial charge in [0.2, 0.25) is 9.05 Å². The van der Waals surface area contributed by atoms with Crippen LogP contribution in [0.4, 0.5) is 0 Å². The smallest absolute Gasteiger partial charge is 0.232 e. The summed E-state index contributed by atoms with van der Waals surface area (Å²) in [7, 11) is 3.38. The van der Waals surface area contributed by atoms with Gasteiger partial charge in [0.05, 0.1) is 19.5 Å². The highest BCUT2D eigenvalue weighted by Gasteiger charge is 2.04. The number of halogens is 1. The molecule has 0 amide bonds. The monoisotopic (exact) mass is 306 g/mol. The van der Waals surface area contributed by atoms with Crippen LogP contribution in [0.2, 0.25) is 0 Å². The minimum Gasteiger partial charge on any atom is -0.493 e. The van der Waals surface area contributed by atoms with E-state index in [1.807, 2.05) is 24.3 Å². The van der Waals surface area contributed by atoms with Gasteiger partial charge in [-0.2, -0.15) is 0 Å². The Labute approximate surface area is 119 Å². The first-order valence-electron chi connectivity index (χ1n) is 6.21. The third-order valence-corrected chi connectivity index (χ3v) is 3.85. The highest BCUT2D eigenvalue weighted by Crippen LogP contribution is 2.25. The number of hydrogen-bond acceptors (Lipinski definition) is 4. The van der Waals surface area contributed by atoms with Crippen LogP contribution in [0.3, 0.4) is 0 Å². The fourth-order valence-corrected chi connectivity index (χ4v) is 2.53. The molecule has 0 radical (unpaired) electrons. The molecule has 1 aromatic rings. The summed E-state index contributed by atoms with van der Waals surface area (Å²) in [5.41, 5.74) is 0. The van der Waals surface area contributed by atoms with Crippen LogP contribution < -0.4 is 9.47 Å². The minimum absolute atomic E-state index is 0.0436. The molecule has 0 fully saturated rings. The highest BCUT2D eigenvalue weighted by atomic mass is 35.7. The molecule has 1 rings (SSSR count). The van der Waals surface area contributed by atoms with E-state index in [2.05, 4.69) is 0 Å². The molecule has 0 aliphatic heterocycles. The molecule has 0 N–H and O–H groups in total. The summed E-state index contributed by atoms with van der Waals surface area (Å²) in [4.78, 5) is 0. The fraction of sp³-hybridized carbons (Fsp3) is 0.538. The Kier molecular flexibility index (Phi) is 7.02. The fourth-order valence-electron chi connectivity index (χ4n) is 1.65. The summed E-state index contributed by atoms with van der Waals surface area (Å²) in [6.45, 7) is 0.591. The Hall–Kier alpha value is -0.940. The summed E-state index contributed by atoms with van der Waals surface area (Å²) in [6, 6.07) is 7.49. The lowest BCUT2D eigenvalue weighted by molar-refractivity contribution is 0.285. The van der Waals surface area contributed by atoms with Gasteiger partial charge in [0.1, 0.15) is 0 Å². The SMILES string of the molecule is COc1ccccc1OCCCCCCS(=O)(=O)Cl. The molecule has 0 spiro atoms. The van der Waals surface area contributed by atoms with E-state index in [1.54, 1.807) is 7.11 Å². The van der Waals surface area contributed by atoms with E-state index in [4.69, 9.17) is 20.2 Å². The number of rotatable bonds is 9. The van der Waals surface area contributed by atoms with Gasteiger partial charge in [0.15, 0.2) is 11.5 Å². The lowest BCUT2D eigenvalue weighted by Gasteiger charge is -2.09. The maximum atomic E-state index is 10.7. The molecule has 0 atom stereocenters. The van der Waals surface area contributed by atoms with Crippen LogP contribution in [0.25, 0.3) is 0 Å². The predicted octanol–water partition coefficient (Wildman–Crippen LogP) is 3.20. The molecule has 0 saturated carbocycles. The first-order chi connectivity index (χ1) is 9.03. The molecule has 4 nitrogen and oxygen atoms in total. The van der Waals surface area contributed by atoms with Gasteiger partial charge >= 0.3 is 0 Å². The van der Waals surface area contributed by atoms with E-state index in [0.29, 0.717) is 13.0 Å². The van der Waals surface area contributed by atoms with Crippen molar-refractivity contribution in [1.29, 1.82) is 0 Å². The second-order valence-electron chi connectivity index (χ2n) is 4.16. The first kappa shape index (κ1) is 16.1. The zero-order valence-electron chi connectivity index (χ0n) is 11.0. The summed E-state index contributed by atoms with van der Waals surface area (Å²) in [5.74, 6) is 1.49. The van der Waals surface area contributed by atoms with Crippen molar-refractivity contribution in [1.82, 2.24) is 0 Å². The third kappa shape index (κ3) is 7.28. The molecule has 0 aliphatic carbocycles. The average molecular weight is 307 g/mol. The Bertz CT molecular complexity index is 473. The summed E-state index contributed by atoms with van der Waals surface area (Å²) >= 11 is 0. The molecule has 0 aliphatic rings. The quantitative estimate of drug-likeness (QED) is 0.519. The van der Waals surface area contributed by atoms with E-state index in [9.17, 15) is 8.42 Å². The molecule has 0 heterocycles. The standard InChI is InChI=1S/C13H19ClO4S/c1-17-12-8-4-5-9-13(12)18-10-6-2-3-7-11-19(14,15)16/h4-5,8-9H,2-3,6-7,10-11H2,1H3. The van der Waals surface area contributed by atoms with E-state index < -0.39 is 9.05 Å². The van der Waals surface area contributed by atoms with Gasteiger partial charge in [-0.05, 0) is 25.0 Å². The molecule has 1 aromatic carbocycles. The van der Waals surface area contributed by atoms with Crippen molar-refractivity contribution in [3.05, 3.63) is 24.3 Å². The topological polar surface area (TPSA) is 52.6 Å². The van der Waals surface area contributed by atoms with Gasteiger partial charge in [-0.1, -0.05) is 25.0 Å². The van der Waals surface area contributed by atoms with E-state index in [0.717, 1.165) is 30.8 Å². The first-order valence-corrected chi connectivity index (χ1v) is 8.69. The van der Waals surface area contributed by atoms with Crippen LogP contribution in [-0.2, 0) is 9.05 Å². The second kappa shape index (κ2) is 8.27. The Morgan fingerprint density at radius 3 is 2.32 bits per heavy atom. The number of ether oxygens (including phenoxy) is 2. The molecule has 0 unspecified atom stereocenters. The number of methoxy groups -OCH3 is 1. The van der Waals surface area contributed by atoms with Crippen molar-refractivity contribution in [2.45, 2.75) is 25.7 Å². The van der Waals surface area contributed by atoms with Crippen molar-refractivity contribution in [2.75, 3.05) is 19.5 Å². The van der Waals surface area contributed by atoms with E-state index in [1.165, 1.54) is 0 Å². The zero-order chi connectivity index (χ0) is 14.1. The third-order valence-electron chi connectivity index (χ3n) is 2.61. The molecule has 0 aromatic heterocycles. The molecule has 19 heavy (non-hydrogen) atoms. The zero-order valence-corrected chi connectivity index (χ0v) is 12.5. The van der Waals surface area contributed by atoms with Gasteiger partial charge in [0, 0.05) is 10.7 Å². The van der Waals surface area contributed by atoms with Crippen molar-refractivity contribution in [3.63, 3.8) is 0 Å². The van der Waals surface area contributed by atoms with Crippen molar-refractivity contribution < 1.29 is 17.9 Å². The van der Waals surface area contributed by atoms with Gasteiger partial charge in [0.25, 0.3) is 0 Å². The predicted molar refractivity (Wildman–Crippen MR) is 76.6 cm³/mol. The number of benzene rings is 1. The summed E-state index contributed by atoms with van der Waals surface area (Å²) < 4.78 is 32.2. The minimum atomic E-state index is -3.34. The molecule has 0 saturated heterocycles. The van der Waals surface area contributed by atoms with E-state index in [-0.39, 0.29) is 5.75 Å². The van der Waals surface area contributed by atoms with Gasteiger partial charge < -0.3 is 9.47 Å². The number of para-hydroxylation sites is 2. The maximum Gasteiger partial charge on any atom is 0.232 e. The van der Waals surface area contributed by atoms with Crippen LogP contribution in [0.15, 0.2) is 24.3 Å². The van der Waals surface area contributed by atoms with Crippen molar-refractivity contribution in [2.24, 2.45) is 0 Å². The van der Waals surface area contributed by atoms with Crippen LogP contribution in [-0.4, -0.2) is 27.9 Å². The van der Waals surface area contributed by atoms with E-state index >= 15 is 0 Å². The number of unbranched alkanes of at least 4 members (excludes halogenated alkanes) is 3. The maximum absolute atomic E-state index is 10.7. The summed E-state index contributed by atoms with van der Waals surface area (Å²) in [5, 5.41) is 0. The normalized spacial score (nSPS) is 11.3. The Morgan fingerprint density at radius 2 is 1.68 bits per heavy atom. The van der Waals surface area contributed by atoms with Gasteiger partial charge in [-0.15, -0.1) is 0 Å². The van der Waals surface area contributed by atoms with Crippen LogP contribution in [0, 0.1) is 0 Å². The average Bonchev–Trinajstić information content (AvgIpc) is 2.37. The molecule has 6 heteroatoms. The van der Waals surface area contributed by atoms with Gasteiger partial charge in [-0.3, -0.25) is 0 Å². The Morgan fingerprint density at radius 1 is 1.05 bits per heavy atom. The number of hydrogen-bond donors (Lipinski definition) is 0. The molecule has 0 bridgehead atoms. The molecule has 108 valence electrons. The highest BCUT2D eigenvalue weighted by molar-refractivity contribution is 8.13. The second-order valence-corrected chi connectivity index (χ2v) is 7.05.